The van der Waals surface area contributed by atoms with E-state index in [1.54, 1.807) is 22.9 Å². The van der Waals surface area contributed by atoms with E-state index in [1.165, 1.54) is 0 Å². The first-order valence-electron chi connectivity index (χ1n) is 6.00. The molecular formula is C12H18N4O2. The van der Waals surface area contributed by atoms with Crippen molar-refractivity contribution in [1.29, 1.82) is 0 Å². The summed E-state index contributed by atoms with van der Waals surface area (Å²) in [7, 11) is 0. The van der Waals surface area contributed by atoms with Crippen LogP contribution in [0.4, 0.5) is 0 Å². The summed E-state index contributed by atoms with van der Waals surface area (Å²) in [5, 5.41) is 30.3. The molecule has 0 fully saturated rings. The highest BCUT2D eigenvalue weighted by molar-refractivity contribution is 5.75. The topological polar surface area (TPSA) is 83.2 Å². The summed E-state index contributed by atoms with van der Waals surface area (Å²) in [6, 6.07) is 5.22. The fourth-order valence-electron chi connectivity index (χ4n) is 1.73. The van der Waals surface area contributed by atoms with E-state index in [4.69, 9.17) is 0 Å². The molecule has 1 aromatic carbocycles. The lowest BCUT2D eigenvalue weighted by atomic mass is 10.2. The number of nitrogens with zero attached hydrogens (tertiary/aromatic N) is 3. The van der Waals surface area contributed by atoms with Gasteiger partial charge in [0.2, 0.25) is 0 Å². The van der Waals surface area contributed by atoms with Gasteiger partial charge in [-0.2, -0.15) is 0 Å². The number of hydrogen-bond donors (Lipinski definition) is 3. The van der Waals surface area contributed by atoms with Crippen molar-refractivity contribution in [3.05, 3.63) is 18.2 Å². The van der Waals surface area contributed by atoms with Crippen molar-refractivity contribution in [2.45, 2.75) is 32.5 Å². The quantitative estimate of drug-likeness (QED) is 0.719. The maximum atomic E-state index is 9.88. The van der Waals surface area contributed by atoms with E-state index in [2.05, 4.69) is 15.6 Å². The van der Waals surface area contributed by atoms with Gasteiger partial charge in [-0.3, -0.25) is 0 Å². The van der Waals surface area contributed by atoms with E-state index in [-0.39, 0.29) is 5.75 Å². The maximum Gasteiger partial charge on any atom is 0.117 e. The van der Waals surface area contributed by atoms with Crippen molar-refractivity contribution >= 4 is 11.0 Å². The van der Waals surface area contributed by atoms with Crippen LogP contribution in [0.5, 0.6) is 5.75 Å². The van der Waals surface area contributed by atoms with Gasteiger partial charge in [0.15, 0.2) is 0 Å². The van der Waals surface area contributed by atoms with E-state index < -0.39 is 6.10 Å². The molecule has 0 aliphatic carbocycles. The largest absolute Gasteiger partial charge is 0.508 e. The van der Waals surface area contributed by atoms with E-state index in [0.717, 1.165) is 5.52 Å². The third-order valence-corrected chi connectivity index (χ3v) is 2.64. The smallest absolute Gasteiger partial charge is 0.117 e. The van der Waals surface area contributed by atoms with Gasteiger partial charge in [-0.05, 0) is 12.1 Å². The normalized spacial score (nSPS) is 13.3. The highest BCUT2D eigenvalue weighted by Gasteiger charge is 2.10. The van der Waals surface area contributed by atoms with Gasteiger partial charge in [0.25, 0.3) is 0 Å². The Morgan fingerprint density at radius 2 is 2.17 bits per heavy atom. The molecule has 0 spiro atoms. The van der Waals surface area contributed by atoms with Crippen LogP contribution in [-0.2, 0) is 6.54 Å². The van der Waals surface area contributed by atoms with Gasteiger partial charge in [-0.1, -0.05) is 19.1 Å². The first kappa shape index (κ1) is 12.8. The van der Waals surface area contributed by atoms with Crippen LogP contribution in [0.15, 0.2) is 18.2 Å². The summed E-state index contributed by atoms with van der Waals surface area (Å²) in [4.78, 5) is 0. The second-order valence-corrected chi connectivity index (χ2v) is 4.66. The minimum atomic E-state index is -0.522. The Labute approximate surface area is 105 Å². The molecule has 1 heterocycles. The summed E-state index contributed by atoms with van der Waals surface area (Å²) in [5.41, 5.74) is 1.43. The Kier molecular flexibility index (Phi) is 3.78. The van der Waals surface area contributed by atoms with Crippen LogP contribution in [0.25, 0.3) is 11.0 Å². The molecule has 0 aliphatic heterocycles. The number of aliphatic hydroxyl groups excluding tert-OH is 1. The van der Waals surface area contributed by atoms with Crippen LogP contribution < -0.4 is 5.32 Å². The Bertz CT molecular complexity index is 524. The Balaban J connectivity index is 2.07. The summed E-state index contributed by atoms with van der Waals surface area (Å²) >= 11 is 0. The summed E-state index contributed by atoms with van der Waals surface area (Å²) in [6.07, 6.45) is -0.522. The zero-order valence-corrected chi connectivity index (χ0v) is 10.5. The fourth-order valence-corrected chi connectivity index (χ4v) is 1.73. The summed E-state index contributed by atoms with van der Waals surface area (Å²) in [5.74, 6) is 0.163. The summed E-state index contributed by atoms with van der Waals surface area (Å²) < 4.78 is 1.64. The Morgan fingerprint density at radius 3 is 2.89 bits per heavy atom. The van der Waals surface area contributed by atoms with E-state index in [1.807, 2.05) is 13.8 Å². The van der Waals surface area contributed by atoms with E-state index in [0.29, 0.717) is 24.6 Å². The van der Waals surface area contributed by atoms with Crippen LogP contribution >= 0.6 is 0 Å². The lowest BCUT2D eigenvalue weighted by Crippen LogP contribution is -2.34. The molecule has 1 aromatic heterocycles. The number of aliphatic hydroxyl groups is 1. The third-order valence-electron chi connectivity index (χ3n) is 2.64. The fraction of sp³-hybridized carbons (Fsp3) is 0.500. The van der Waals surface area contributed by atoms with Gasteiger partial charge in [-0.15, -0.1) is 5.10 Å². The van der Waals surface area contributed by atoms with Gasteiger partial charge in [-0.25, -0.2) is 4.68 Å². The third kappa shape index (κ3) is 2.96. The predicted octanol–water partition coefficient (Wildman–Crippen LogP) is 0.496. The number of aromatic hydroxyl groups is 1. The molecule has 1 unspecified atom stereocenters. The lowest BCUT2D eigenvalue weighted by Gasteiger charge is -2.14. The van der Waals surface area contributed by atoms with Gasteiger partial charge in [0.1, 0.15) is 11.3 Å². The van der Waals surface area contributed by atoms with E-state index >= 15 is 0 Å². The number of phenols is 1. The monoisotopic (exact) mass is 250 g/mol. The van der Waals surface area contributed by atoms with Crippen molar-refractivity contribution in [1.82, 2.24) is 20.3 Å². The molecule has 0 bridgehead atoms. The molecule has 18 heavy (non-hydrogen) atoms. The number of rotatable bonds is 5. The van der Waals surface area contributed by atoms with E-state index in [9.17, 15) is 10.2 Å². The minimum absolute atomic E-state index is 0.163. The average molecular weight is 250 g/mol. The van der Waals surface area contributed by atoms with Gasteiger partial charge < -0.3 is 15.5 Å². The van der Waals surface area contributed by atoms with Crippen LogP contribution in [0.3, 0.4) is 0 Å². The van der Waals surface area contributed by atoms with Crippen LogP contribution in [0.2, 0.25) is 0 Å². The average Bonchev–Trinajstić information content (AvgIpc) is 2.69. The lowest BCUT2D eigenvalue weighted by molar-refractivity contribution is 0.145. The molecule has 1 atom stereocenters. The molecule has 0 radical (unpaired) electrons. The van der Waals surface area contributed by atoms with Crippen molar-refractivity contribution in [2.24, 2.45) is 0 Å². The van der Waals surface area contributed by atoms with Crippen molar-refractivity contribution in [3.63, 3.8) is 0 Å². The number of phenolic OH excluding ortho intramolecular Hbond substituents is 1. The van der Waals surface area contributed by atoms with Crippen molar-refractivity contribution < 1.29 is 10.2 Å². The molecule has 3 N–H and O–H groups in total. The molecule has 0 amide bonds. The molecule has 2 rings (SSSR count). The molecule has 0 saturated carbocycles. The second-order valence-electron chi connectivity index (χ2n) is 4.66. The molecule has 0 aliphatic rings. The first-order valence-corrected chi connectivity index (χ1v) is 6.00. The maximum absolute atomic E-state index is 9.88. The van der Waals surface area contributed by atoms with Crippen LogP contribution in [0, 0.1) is 0 Å². The van der Waals surface area contributed by atoms with Crippen molar-refractivity contribution in [2.75, 3.05) is 6.54 Å². The molecule has 98 valence electrons. The molecule has 0 saturated heterocycles. The zero-order chi connectivity index (χ0) is 13.1. The zero-order valence-electron chi connectivity index (χ0n) is 10.5. The molecular weight excluding hydrogens is 232 g/mol. The number of benzene rings is 1. The van der Waals surface area contributed by atoms with Crippen LogP contribution in [-0.4, -0.2) is 43.9 Å². The minimum Gasteiger partial charge on any atom is -0.508 e. The van der Waals surface area contributed by atoms with Gasteiger partial charge >= 0.3 is 0 Å². The molecule has 6 heteroatoms. The molecule has 6 nitrogen and oxygen atoms in total. The van der Waals surface area contributed by atoms with Crippen molar-refractivity contribution in [3.8, 4) is 5.75 Å². The summed E-state index contributed by atoms with van der Waals surface area (Å²) in [6.45, 7) is 4.94. The van der Waals surface area contributed by atoms with Crippen LogP contribution in [0.1, 0.15) is 13.8 Å². The Hall–Kier alpha value is -1.66. The first-order chi connectivity index (χ1) is 8.56. The highest BCUT2D eigenvalue weighted by Crippen LogP contribution is 2.17. The SMILES string of the molecule is CC(C)NCC(O)Cn1nnc2cc(O)ccc21. The number of nitrogens with one attached hydrogen (secondary N) is 1. The predicted molar refractivity (Wildman–Crippen MR) is 68.3 cm³/mol. The highest BCUT2D eigenvalue weighted by atomic mass is 16.3. The molecule has 2 aromatic rings. The standard InChI is InChI=1S/C12H18N4O2/c1-8(2)13-6-10(18)7-16-12-4-3-9(17)5-11(12)14-15-16/h3-5,8,10,13,17-18H,6-7H2,1-2H3. The Morgan fingerprint density at radius 1 is 1.39 bits per heavy atom. The number of fused-ring (bicyclic) bond motifs is 1. The second kappa shape index (κ2) is 5.32. The number of aromatic nitrogens is 3. The number of hydrogen-bond acceptors (Lipinski definition) is 5. The van der Waals surface area contributed by atoms with Gasteiger partial charge in [0, 0.05) is 18.7 Å². The van der Waals surface area contributed by atoms with Gasteiger partial charge in [0.05, 0.1) is 18.2 Å².